The van der Waals surface area contributed by atoms with Gasteiger partial charge in [0, 0.05) is 22.6 Å². The number of hydrazone groups is 1. The van der Waals surface area contributed by atoms with Crippen molar-refractivity contribution in [3.8, 4) is 17.2 Å². The third-order valence-electron chi connectivity index (χ3n) is 5.76. The molecule has 0 amide bonds. The van der Waals surface area contributed by atoms with Gasteiger partial charge in [-0.2, -0.15) is 5.10 Å². The fraction of sp³-hybridized carbons (Fsp3) is 0.192. The molecular weight excluding hydrogens is 459 g/mol. The van der Waals surface area contributed by atoms with E-state index in [1.54, 1.807) is 19.3 Å². The van der Waals surface area contributed by atoms with E-state index in [-0.39, 0.29) is 6.04 Å². The lowest BCUT2D eigenvalue weighted by Gasteiger charge is -2.38. The van der Waals surface area contributed by atoms with Gasteiger partial charge in [0.25, 0.3) is 0 Å². The van der Waals surface area contributed by atoms with Crippen molar-refractivity contribution in [1.82, 2.24) is 5.01 Å². The fourth-order valence-electron chi connectivity index (χ4n) is 4.18. The van der Waals surface area contributed by atoms with Gasteiger partial charge in [-0.25, -0.2) is 5.01 Å². The Hall–Kier alpha value is -3.15. The maximum absolute atomic E-state index is 6.55. The quantitative estimate of drug-likeness (QED) is 0.363. The Kier molecular flexibility index (Phi) is 5.92. The van der Waals surface area contributed by atoms with Crippen molar-refractivity contribution in [2.24, 2.45) is 5.10 Å². The molecule has 5 rings (SSSR count). The number of benzene rings is 3. The van der Waals surface area contributed by atoms with Gasteiger partial charge in [-0.05, 0) is 66.2 Å². The summed E-state index contributed by atoms with van der Waals surface area (Å²) in [7, 11) is 1.66. The van der Waals surface area contributed by atoms with Gasteiger partial charge in [0.1, 0.15) is 23.9 Å². The largest absolute Gasteiger partial charge is 0.497 e. The van der Waals surface area contributed by atoms with Crippen LogP contribution in [-0.4, -0.2) is 24.4 Å². The highest BCUT2D eigenvalue weighted by molar-refractivity contribution is 6.35. The van der Waals surface area contributed by atoms with E-state index in [9.17, 15) is 0 Å². The molecule has 7 heteroatoms. The van der Waals surface area contributed by atoms with E-state index in [2.05, 4.69) is 6.58 Å². The zero-order valence-corrected chi connectivity index (χ0v) is 19.5. The number of ether oxygens (including phenoxy) is 3. The summed E-state index contributed by atoms with van der Waals surface area (Å²) in [6.45, 7) is 4.14. The molecule has 2 aliphatic heterocycles. The molecule has 2 heterocycles. The van der Waals surface area contributed by atoms with E-state index in [0.717, 1.165) is 33.9 Å². The number of fused-ring (bicyclic) bond motifs is 3. The molecule has 0 unspecified atom stereocenters. The van der Waals surface area contributed by atoms with E-state index in [0.29, 0.717) is 28.8 Å². The lowest BCUT2D eigenvalue weighted by molar-refractivity contribution is -0.0189. The minimum Gasteiger partial charge on any atom is -0.497 e. The summed E-state index contributed by atoms with van der Waals surface area (Å²) in [6.07, 6.45) is 1.98. The highest BCUT2D eigenvalue weighted by atomic mass is 35.5. The zero-order valence-electron chi connectivity index (χ0n) is 18.0. The molecule has 5 nitrogen and oxygen atoms in total. The van der Waals surface area contributed by atoms with Crippen LogP contribution >= 0.6 is 23.2 Å². The van der Waals surface area contributed by atoms with Crippen LogP contribution < -0.4 is 14.2 Å². The second-order valence-corrected chi connectivity index (χ2v) is 8.66. The summed E-state index contributed by atoms with van der Waals surface area (Å²) >= 11 is 12.9. The van der Waals surface area contributed by atoms with Crippen LogP contribution in [0.2, 0.25) is 10.0 Å². The highest BCUT2D eigenvalue weighted by Crippen LogP contribution is 2.50. The molecule has 0 aromatic heterocycles. The van der Waals surface area contributed by atoms with Crippen molar-refractivity contribution in [3.63, 3.8) is 0 Å². The molecule has 0 bridgehead atoms. The molecule has 33 heavy (non-hydrogen) atoms. The van der Waals surface area contributed by atoms with Gasteiger partial charge in [-0.1, -0.05) is 35.9 Å². The predicted molar refractivity (Wildman–Crippen MR) is 131 cm³/mol. The lowest BCUT2D eigenvalue weighted by Crippen LogP contribution is -2.33. The van der Waals surface area contributed by atoms with Crippen LogP contribution in [0.25, 0.3) is 0 Å². The topological polar surface area (TPSA) is 43.3 Å². The first kappa shape index (κ1) is 21.7. The second kappa shape index (κ2) is 9.00. The molecule has 0 saturated heterocycles. The predicted octanol–water partition coefficient (Wildman–Crippen LogP) is 6.81. The number of hydrogen-bond acceptors (Lipinski definition) is 5. The smallest absolute Gasteiger partial charge is 0.213 e. The Balaban J connectivity index is 1.54. The van der Waals surface area contributed by atoms with Crippen LogP contribution in [0.15, 0.2) is 78.4 Å². The molecule has 0 radical (unpaired) electrons. The summed E-state index contributed by atoms with van der Waals surface area (Å²) in [6, 6.07) is 19.3. The van der Waals surface area contributed by atoms with E-state index in [1.807, 2.05) is 59.6 Å². The number of halogens is 2. The zero-order chi connectivity index (χ0) is 22.9. The third kappa shape index (κ3) is 4.14. The van der Waals surface area contributed by atoms with Crippen molar-refractivity contribution in [3.05, 3.63) is 100 Å². The Bertz CT molecular complexity index is 1210. The van der Waals surface area contributed by atoms with Gasteiger partial charge in [-0.3, -0.25) is 0 Å². The van der Waals surface area contributed by atoms with Crippen LogP contribution in [0.5, 0.6) is 17.2 Å². The Morgan fingerprint density at radius 1 is 1.09 bits per heavy atom. The minimum absolute atomic E-state index is 0.0521. The normalized spacial score (nSPS) is 18.6. The number of rotatable bonds is 6. The van der Waals surface area contributed by atoms with Crippen LogP contribution in [-0.2, 0) is 0 Å². The molecule has 0 saturated carbocycles. The maximum Gasteiger partial charge on any atom is 0.213 e. The van der Waals surface area contributed by atoms with E-state index < -0.39 is 6.23 Å². The summed E-state index contributed by atoms with van der Waals surface area (Å²) in [5.41, 5.74) is 3.88. The van der Waals surface area contributed by atoms with Gasteiger partial charge in [0.2, 0.25) is 6.23 Å². The summed E-state index contributed by atoms with van der Waals surface area (Å²) in [5.74, 6) is 2.21. The lowest BCUT2D eigenvalue weighted by atomic mass is 9.96. The minimum atomic E-state index is -0.439. The van der Waals surface area contributed by atoms with Crippen molar-refractivity contribution >= 4 is 28.9 Å². The van der Waals surface area contributed by atoms with Crippen molar-refractivity contribution in [1.29, 1.82) is 0 Å². The fourth-order valence-corrected chi connectivity index (χ4v) is 4.73. The average molecular weight is 481 g/mol. The molecule has 0 spiro atoms. The standard InChI is InChI=1S/C26H22Cl2N2O3/c1-3-12-32-20-10-6-17(7-11-20)26-30-24(21-13-18(27)14-22(28)25(21)33-26)15-23(29-30)16-4-8-19(31-2)9-5-16/h3-11,13-14,24,26H,1,12,15H2,2H3/t24-,26-/m0/s1. The van der Waals surface area contributed by atoms with E-state index >= 15 is 0 Å². The highest BCUT2D eigenvalue weighted by Gasteiger charge is 2.42. The van der Waals surface area contributed by atoms with Gasteiger partial charge in [0.15, 0.2) is 0 Å². The van der Waals surface area contributed by atoms with E-state index in [4.69, 9.17) is 42.5 Å². The molecule has 3 aromatic carbocycles. The Morgan fingerprint density at radius 2 is 1.82 bits per heavy atom. The first-order valence-corrected chi connectivity index (χ1v) is 11.3. The first-order chi connectivity index (χ1) is 16.1. The van der Waals surface area contributed by atoms with Gasteiger partial charge in [-0.15, -0.1) is 0 Å². The number of nitrogens with zero attached hydrogens (tertiary/aromatic N) is 2. The maximum atomic E-state index is 6.55. The molecule has 2 aliphatic rings. The molecule has 0 N–H and O–H groups in total. The molecule has 3 aromatic rings. The van der Waals surface area contributed by atoms with E-state index in [1.165, 1.54) is 0 Å². The van der Waals surface area contributed by atoms with Gasteiger partial charge < -0.3 is 14.2 Å². The summed E-state index contributed by atoms with van der Waals surface area (Å²) in [5, 5.41) is 8.03. The summed E-state index contributed by atoms with van der Waals surface area (Å²) in [4.78, 5) is 0. The van der Waals surface area contributed by atoms with Crippen LogP contribution in [0, 0.1) is 0 Å². The monoisotopic (exact) mass is 480 g/mol. The average Bonchev–Trinajstić information content (AvgIpc) is 3.29. The number of hydrogen-bond donors (Lipinski definition) is 0. The molecule has 2 atom stereocenters. The molecule has 0 fully saturated rings. The third-order valence-corrected chi connectivity index (χ3v) is 6.26. The van der Waals surface area contributed by atoms with Crippen molar-refractivity contribution in [2.45, 2.75) is 18.7 Å². The van der Waals surface area contributed by atoms with Crippen LogP contribution in [0.4, 0.5) is 0 Å². The SMILES string of the molecule is C=CCOc1ccc([C@@H]2Oc3c(Cl)cc(Cl)cc3[C@@H]3CC(c4ccc(OC)cc4)=NN32)cc1. The molecular formula is C26H22Cl2N2O3. The number of methoxy groups -OCH3 is 1. The first-order valence-electron chi connectivity index (χ1n) is 10.6. The van der Waals surface area contributed by atoms with Crippen LogP contribution in [0.3, 0.4) is 0 Å². The van der Waals surface area contributed by atoms with Gasteiger partial charge in [0.05, 0.1) is 23.9 Å². The van der Waals surface area contributed by atoms with Crippen molar-refractivity contribution in [2.75, 3.05) is 13.7 Å². The molecule has 0 aliphatic carbocycles. The van der Waals surface area contributed by atoms with Crippen molar-refractivity contribution < 1.29 is 14.2 Å². The molecule has 168 valence electrons. The van der Waals surface area contributed by atoms with Crippen LogP contribution in [0.1, 0.15) is 35.4 Å². The Morgan fingerprint density at radius 3 is 2.52 bits per heavy atom. The van der Waals surface area contributed by atoms with Gasteiger partial charge >= 0.3 is 0 Å². The Labute approximate surface area is 202 Å². The summed E-state index contributed by atoms with van der Waals surface area (Å²) < 4.78 is 17.3. The second-order valence-electron chi connectivity index (χ2n) is 7.82.